The van der Waals surface area contributed by atoms with Crippen molar-refractivity contribution in [3.63, 3.8) is 0 Å². The van der Waals surface area contributed by atoms with Gasteiger partial charge < -0.3 is 20.1 Å². The van der Waals surface area contributed by atoms with Crippen LogP contribution in [0.4, 0.5) is 5.69 Å². The molecule has 0 aliphatic carbocycles. The Kier molecular flexibility index (Phi) is 3.19. The second-order valence-electron chi connectivity index (χ2n) is 3.79. The molecule has 0 aliphatic rings. The zero-order chi connectivity index (χ0) is 14.0. The molecule has 1 amide bonds. The topological polar surface area (TPSA) is 113 Å². The number of benzene rings is 1. The summed E-state index contributed by atoms with van der Waals surface area (Å²) in [6, 6.07) is 5.44. The summed E-state index contributed by atoms with van der Waals surface area (Å²) >= 11 is 0. The Morgan fingerprint density at radius 2 is 2.11 bits per heavy atom. The third-order valence-corrected chi connectivity index (χ3v) is 2.37. The largest absolute Gasteiger partial charge is 0.505 e. The number of para-hydroxylation sites is 1. The van der Waals surface area contributed by atoms with E-state index in [1.807, 2.05) is 0 Å². The van der Waals surface area contributed by atoms with Crippen molar-refractivity contribution in [3.8, 4) is 5.75 Å². The molecule has 0 unspecified atom stereocenters. The van der Waals surface area contributed by atoms with Crippen LogP contribution in [0, 0.1) is 6.92 Å². The normalized spacial score (nSPS) is 10.2. The summed E-state index contributed by atoms with van der Waals surface area (Å²) in [7, 11) is 0. The number of hydrogen-bond acceptors (Lipinski definition) is 5. The van der Waals surface area contributed by atoms with E-state index in [9.17, 15) is 14.7 Å². The average molecular weight is 262 g/mol. The third kappa shape index (κ3) is 2.54. The molecule has 1 heterocycles. The van der Waals surface area contributed by atoms with Gasteiger partial charge in [-0.2, -0.15) is 0 Å². The summed E-state index contributed by atoms with van der Waals surface area (Å²) in [5.74, 6) is -2.46. The van der Waals surface area contributed by atoms with E-state index in [2.05, 4.69) is 10.5 Å². The Morgan fingerprint density at radius 3 is 2.68 bits per heavy atom. The number of phenols is 1. The van der Waals surface area contributed by atoms with Crippen LogP contribution in [0.3, 0.4) is 0 Å². The van der Waals surface area contributed by atoms with Crippen molar-refractivity contribution in [2.24, 2.45) is 0 Å². The van der Waals surface area contributed by atoms with Gasteiger partial charge in [-0.25, -0.2) is 4.79 Å². The lowest BCUT2D eigenvalue weighted by Gasteiger charge is -2.07. The van der Waals surface area contributed by atoms with Gasteiger partial charge in [0.25, 0.3) is 5.91 Å². The van der Waals surface area contributed by atoms with Gasteiger partial charge in [0.2, 0.25) is 5.76 Å². The van der Waals surface area contributed by atoms with E-state index in [4.69, 9.17) is 9.63 Å². The number of carboxylic acid groups (broad SMARTS) is 1. The fraction of sp³-hybridized carbons (Fsp3) is 0.0833. The van der Waals surface area contributed by atoms with Crippen molar-refractivity contribution in [2.45, 2.75) is 6.92 Å². The average Bonchev–Trinajstić information content (AvgIpc) is 2.78. The first-order valence-electron chi connectivity index (χ1n) is 5.29. The number of hydrogen-bond donors (Lipinski definition) is 3. The quantitative estimate of drug-likeness (QED) is 0.725. The maximum Gasteiger partial charge on any atom is 0.339 e. The highest BCUT2D eigenvalue weighted by Crippen LogP contribution is 2.27. The number of aromatic nitrogens is 1. The van der Waals surface area contributed by atoms with E-state index < -0.39 is 17.6 Å². The number of carboxylic acids is 1. The number of carbonyl (C=O) groups excluding carboxylic acids is 1. The minimum absolute atomic E-state index is 0.0149. The molecule has 0 saturated carbocycles. The number of aryl methyl sites for hydroxylation is 1. The summed E-state index contributed by atoms with van der Waals surface area (Å²) in [5, 5.41) is 24.5. The predicted octanol–water partition coefficient (Wildman–Crippen LogP) is 1.64. The van der Waals surface area contributed by atoms with Gasteiger partial charge in [0.1, 0.15) is 5.56 Å². The van der Waals surface area contributed by atoms with Crippen molar-refractivity contribution in [1.82, 2.24) is 5.16 Å². The van der Waals surface area contributed by atoms with Crippen LogP contribution in [0.5, 0.6) is 5.75 Å². The van der Waals surface area contributed by atoms with Gasteiger partial charge in [-0.1, -0.05) is 11.2 Å². The summed E-state index contributed by atoms with van der Waals surface area (Å²) in [5.41, 5.74) is 0.221. The molecule has 0 spiro atoms. The van der Waals surface area contributed by atoms with Crippen molar-refractivity contribution in [2.75, 3.05) is 5.32 Å². The van der Waals surface area contributed by atoms with E-state index >= 15 is 0 Å². The lowest BCUT2D eigenvalue weighted by atomic mass is 10.1. The van der Waals surface area contributed by atoms with Crippen LogP contribution in [0.25, 0.3) is 0 Å². The van der Waals surface area contributed by atoms with Crippen LogP contribution in [0.15, 0.2) is 28.8 Å². The van der Waals surface area contributed by atoms with E-state index in [0.29, 0.717) is 5.69 Å². The van der Waals surface area contributed by atoms with Crippen LogP contribution >= 0.6 is 0 Å². The van der Waals surface area contributed by atoms with Gasteiger partial charge in [-0.3, -0.25) is 4.79 Å². The minimum Gasteiger partial charge on any atom is -0.505 e. The van der Waals surface area contributed by atoms with Gasteiger partial charge in [-0.15, -0.1) is 0 Å². The van der Waals surface area contributed by atoms with Crippen LogP contribution in [0.2, 0.25) is 0 Å². The second kappa shape index (κ2) is 4.81. The number of amides is 1. The molecular weight excluding hydrogens is 252 g/mol. The highest BCUT2D eigenvalue weighted by atomic mass is 16.5. The monoisotopic (exact) mass is 262 g/mol. The molecule has 98 valence electrons. The van der Waals surface area contributed by atoms with Crippen LogP contribution in [0.1, 0.15) is 26.6 Å². The Hall–Kier alpha value is -2.83. The number of rotatable bonds is 3. The number of carbonyl (C=O) groups is 2. The minimum atomic E-state index is -1.29. The molecule has 0 fully saturated rings. The summed E-state index contributed by atoms with van der Waals surface area (Å²) in [6.07, 6.45) is 0. The molecule has 1 aromatic heterocycles. The van der Waals surface area contributed by atoms with E-state index in [1.54, 1.807) is 6.92 Å². The molecule has 0 bridgehead atoms. The molecule has 3 N–H and O–H groups in total. The van der Waals surface area contributed by atoms with Gasteiger partial charge in [0.15, 0.2) is 5.75 Å². The standard InChI is InChI=1S/C12H10N2O5/c1-6-5-9(19-14-6)11(16)13-8-4-2-3-7(10(8)15)12(17)18/h2-5,15H,1H3,(H,13,16)(H,17,18). The fourth-order valence-corrected chi connectivity index (χ4v) is 1.47. The molecule has 7 heteroatoms. The zero-order valence-corrected chi connectivity index (χ0v) is 9.88. The summed E-state index contributed by atoms with van der Waals surface area (Å²) in [6.45, 7) is 1.66. The maximum atomic E-state index is 11.8. The SMILES string of the molecule is Cc1cc(C(=O)Nc2cccc(C(=O)O)c2O)on1. The summed E-state index contributed by atoms with van der Waals surface area (Å²) < 4.78 is 4.76. The molecule has 7 nitrogen and oxygen atoms in total. The molecule has 2 aromatic rings. The van der Waals surface area contributed by atoms with Crippen molar-refractivity contribution in [1.29, 1.82) is 0 Å². The Balaban J connectivity index is 2.27. The van der Waals surface area contributed by atoms with Gasteiger partial charge in [0, 0.05) is 6.07 Å². The molecule has 0 aliphatic heterocycles. The Labute approximate surface area is 107 Å². The summed E-state index contributed by atoms with van der Waals surface area (Å²) in [4.78, 5) is 22.6. The van der Waals surface area contributed by atoms with Crippen LogP contribution in [-0.2, 0) is 0 Å². The highest BCUT2D eigenvalue weighted by Gasteiger charge is 2.17. The molecule has 19 heavy (non-hydrogen) atoms. The fourth-order valence-electron chi connectivity index (χ4n) is 1.47. The Bertz CT molecular complexity index is 647. The first-order valence-corrected chi connectivity index (χ1v) is 5.29. The number of nitrogens with one attached hydrogen (secondary N) is 1. The van der Waals surface area contributed by atoms with Crippen molar-refractivity contribution < 1.29 is 24.3 Å². The molecule has 0 radical (unpaired) electrons. The number of aromatic hydroxyl groups is 1. The first-order chi connectivity index (χ1) is 8.99. The maximum absolute atomic E-state index is 11.8. The molecule has 0 atom stereocenters. The van der Waals surface area contributed by atoms with E-state index in [0.717, 1.165) is 0 Å². The number of nitrogens with zero attached hydrogens (tertiary/aromatic N) is 1. The van der Waals surface area contributed by atoms with E-state index in [-0.39, 0.29) is 17.0 Å². The predicted molar refractivity (Wildman–Crippen MR) is 64.3 cm³/mol. The number of aromatic carboxylic acids is 1. The van der Waals surface area contributed by atoms with E-state index in [1.165, 1.54) is 24.3 Å². The molecular formula is C12H10N2O5. The highest BCUT2D eigenvalue weighted by molar-refractivity contribution is 6.04. The van der Waals surface area contributed by atoms with Crippen LogP contribution in [-0.4, -0.2) is 27.2 Å². The van der Waals surface area contributed by atoms with Crippen LogP contribution < -0.4 is 5.32 Å². The second-order valence-corrected chi connectivity index (χ2v) is 3.79. The molecule has 1 aromatic carbocycles. The van der Waals surface area contributed by atoms with Gasteiger partial charge in [-0.05, 0) is 19.1 Å². The van der Waals surface area contributed by atoms with Gasteiger partial charge in [0.05, 0.1) is 11.4 Å². The zero-order valence-electron chi connectivity index (χ0n) is 9.88. The smallest absolute Gasteiger partial charge is 0.339 e. The van der Waals surface area contributed by atoms with Crippen molar-refractivity contribution in [3.05, 3.63) is 41.3 Å². The molecule has 2 rings (SSSR count). The lowest BCUT2D eigenvalue weighted by Crippen LogP contribution is -2.12. The Morgan fingerprint density at radius 1 is 1.37 bits per heavy atom. The molecule has 0 saturated heterocycles. The first kappa shape index (κ1) is 12.6. The number of anilines is 1. The third-order valence-electron chi connectivity index (χ3n) is 2.37. The lowest BCUT2D eigenvalue weighted by molar-refractivity contribution is 0.0693. The van der Waals surface area contributed by atoms with Gasteiger partial charge >= 0.3 is 5.97 Å². The van der Waals surface area contributed by atoms with Crippen molar-refractivity contribution >= 4 is 17.6 Å².